The molecule has 6 nitrogen and oxygen atoms in total. The van der Waals surface area contributed by atoms with E-state index >= 15 is 0 Å². The van der Waals surface area contributed by atoms with Crippen LogP contribution < -0.4 is 9.79 Å². The zero-order valence-corrected chi connectivity index (χ0v) is 14.3. The minimum Gasteiger partial charge on any atom is -0.779 e. The average molecular weight is 355 g/mol. The molecule has 2 atom stereocenters. The van der Waals surface area contributed by atoms with Crippen LogP contribution in [0, 0.1) is 0 Å². The van der Waals surface area contributed by atoms with E-state index in [4.69, 9.17) is 0 Å². The summed E-state index contributed by atoms with van der Waals surface area (Å²) in [4.78, 5) is 19.6. The molecule has 0 aromatic carbocycles. The van der Waals surface area contributed by atoms with Gasteiger partial charge in [-0.1, -0.05) is 0 Å². The Labute approximate surface area is 118 Å². The molecule has 2 unspecified atom stereocenters. The predicted molar refractivity (Wildman–Crippen MR) is 46.8 cm³/mol. The van der Waals surface area contributed by atoms with E-state index in [2.05, 4.69) is 9.05 Å². The van der Waals surface area contributed by atoms with Crippen LogP contribution in [0.3, 0.4) is 0 Å². The van der Waals surface area contributed by atoms with Crippen molar-refractivity contribution in [2.75, 3.05) is 27.5 Å². The molecule has 0 aliphatic rings. The maximum Gasteiger partial charge on any atom is 2.00 e. The second-order valence-electron chi connectivity index (χ2n) is 1.91. The fourth-order valence-corrected chi connectivity index (χ4v) is 0. The van der Waals surface area contributed by atoms with Gasteiger partial charge in [-0.3, -0.25) is 0 Å². The van der Waals surface area contributed by atoms with Gasteiger partial charge in [0.25, 0.3) is 0 Å². The molecule has 0 N–H and O–H groups in total. The summed E-state index contributed by atoms with van der Waals surface area (Å²) in [5.74, 6) is 0. The van der Waals surface area contributed by atoms with Crippen molar-refractivity contribution >= 4 is 64.1 Å². The summed E-state index contributed by atoms with van der Waals surface area (Å²) in [6.07, 6.45) is 0. The molecule has 0 aliphatic carbocycles. The third-order valence-electron chi connectivity index (χ3n) is 0.663. The Kier molecular flexibility index (Phi) is 14.2. The van der Waals surface area contributed by atoms with Crippen LogP contribution in [0.1, 0.15) is 0 Å². The van der Waals surface area contributed by atoms with Gasteiger partial charge in [0.05, 0.1) is 0 Å². The van der Waals surface area contributed by atoms with Crippen molar-refractivity contribution < 1.29 is 28.0 Å². The average Bonchev–Trinajstić information content (AvgIpc) is 1.86. The molecule has 0 saturated carbocycles. The van der Waals surface area contributed by atoms with Crippen molar-refractivity contribution in [2.24, 2.45) is 0 Å². The molecule has 0 aromatic rings. The summed E-state index contributed by atoms with van der Waals surface area (Å²) in [5, 5.41) is 0. The van der Waals surface area contributed by atoms with Gasteiger partial charge in [-0.05, 0) is 0 Å². The summed E-state index contributed by atoms with van der Waals surface area (Å²) >= 11 is 0. The van der Waals surface area contributed by atoms with Crippen LogP contribution in [0.15, 0.2) is 0 Å². The summed E-state index contributed by atoms with van der Waals surface area (Å²) in [6.45, 7) is 2.04. The quantitative estimate of drug-likeness (QED) is 0.477. The minimum absolute atomic E-state index is 0. The van der Waals surface area contributed by atoms with Crippen LogP contribution in [-0.4, -0.2) is 76.4 Å². The first kappa shape index (κ1) is 20.3. The molecule has 0 radical (unpaired) electrons. The fraction of sp³-hybridized carbons (Fsp3) is 1.00. The van der Waals surface area contributed by atoms with Crippen LogP contribution >= 0.6 is 15.2 Å². The van der Waals surface area contributed by atoms with Crippen molar-refractivity contribution in [3.63, 3.8) is 0 Å². The first-order chi connectivity index (χ1) is 5.12. The molecule has 0 bridgehead atoms. The summed E-state index contributed by atoms with van der Waals surface area (Å²) in [6, 6.07) is 0. The zero-order valence-electron chi connectivity index (χ0n) is 8.05. The van der Waals surface area contributed by atoms with Gasteiger partial charge >= 0.3 is 48.9 Å². The van der Waals surface area contributed by atoms with E-state index < -0.39 is 15.2 Å². The van der Waals surface area contributed by atoms with Crippen LogP contribution in [0.25, 0.3) is 0 Å². The van der Waals surface area contributed by atoms with E-state index in [0.717, 1.165) is 27.5 Å². The van der Waals surface area contributed by atoms with Gasteiger partial charge in [-0.15, -0.1) is 0 Å². The maximum atomic E-state index is 9.81. The third-order valence-corrected chi connectivity index (χ3v) is 1.99. The SMILES string of the molecule is COP(C)(=O)[O-].COP(C)(=O)[O-].[Ba+2]. The van der Waals surface area contributed by atoms with Gasteiger partial charge in [-0.25, -0.2) is 0 Å². The first-order valence-corrected chi connectivity index (χ1v) is 6.79. The fourth-order valence-electron chi connectivity index (χ4n) is 0. The smallest absolute Gasteiger partial charge is 0.779 e. The Balaban J connectivity index is -0.000000143. The molecule has 0 saturated heterocycles. The number of rotatable bonds is 2. The van der Waals surface area contributed by atoms with E-state index in [9.17, 15) is 18.9 Å². The summed E-state index contributed by atoms with van der Waals surface area (Å²) in [7, 11) is -4.53. The molecular weight excluding hydrogens is 343 g/mol. The first-order valence-electron chi connectivity index (χ1n) is 2.81. The van der Waals surface area contributed by atoms with Gasteiger partial charge < -0.3 is 28.0 Å². The minimum atomic E-state index is -3.40. The van der Waals surface area contributed by atoms with Crippen molar-refractivity contribution in [3.8, 4) is 0 Å². The Morgan fingerprint density at radius 1 is 0.923 bits per heavy atom. The standard InChI is InChI=1S/2C2H7O3P.Ba/c2*1-5-6(2,3)4;/h2*1-2H3,(H,3,4);/q;;+2/p-2. The van der Waals surface area contributed by atoms with Crippen molar-refractivity contribution in [1.82, 2.24) is 0 Å². The van der Waals surface area contributed by atoms with Gasteiger partial charge in [0, 0.05) is 27.5 Å². The molecular formula is C4H12BaO6P2. The second kappa shape index (κ2) is 9.12. The van der Waals surface area contributed by atoms with Crippen LogP contribution in [0.5, 0.6) is 0 Å². The molecule has 76 valence electrons. The topological polar surface area (TPSA) is 98.7 Å². The zero-order chi connectivity index (χ0) is 10.4. The molecule has 0 rings (SSSR count). The molecule has 0 spiro atoms. The largest absolute Gasteiger partial charge is 2.00 e. The Morgan fingerprint density at radius 2 is 1.00 bits per heavy atom. The molecule has 13 heavy (non-hydrogen) atoms. The van der Waals surface area contributed by atoms with E-state index in [1.54, 1.807) is 0 Å². The Bertz CT molecular complexity index is 173. The number of hydrogen-bond acceptors (Lipinski definition) is 6. The van der Waals surface area contributed by atoms with Crippen molar-refractivity contribution in [1.29, 1.82) is 0 Å². The Morgan fingerprint density at radius 3 is 1.00 bits per heavy atom. The summed E-state index contributed by atoms with van der Waals surface area (Å²) < 4.78 is 27.5. The molecule has 0 aliphatic heterocycles. The van der Waals surface area contributed by atoms with Crippen LogP contribution in [0.4, 0.5) is 0 Å². The second-order valence-corrected chi connectivity index (χ2v) is 5.72. The normalized spacial score (nSPS) is 18.3. The van der Waals surface area contributed by atoms with E-state index in [0.29, 0.717) is 0 Å². The monoisotopic (exact) mass is 356 g/mol. The van der Waals surface area contributed by atoms with Gasteiger partial charge in [0.15, 0.2) is 0 Å². The van der Waals surface area contributed by atoms with E-state index in [-0.39, 0.29) is 48.9 Å². The maximum absolute atomic E-state index is 9.81. The van der Waals surface area contributed by atoms with E-state index in [1.807, 2.05) is 0 Å². The van der Waals surface area contributed by atoms with Gasteiger partial charge in [0.2, 0.25) is 0 Å². The number of hydrogen-bond donors (Lipinski definition) is 0. The van der Waals surface area contributed by atoms with E-state index in [1.165, 1.54) is 0 Å². The summed E-state index contributed by atoms with van der Waals surface area (Å²) in [5.41, 5.74) is 0. The molecule has 9 heteroatoms. The third kappa shape index (κ3) is 31.6. The molecule has 0 heterocycles. The molecule has 0 fully saturated rings. The molecule has 0 aromatic heterocycles. The van der Waals surface area contributed by atoms with Gasteiger partial charge in [-0.2, -0.15) is 0 Å². The predicted octanol–water partition coefficient (Wildman–Crippen LogP) is -0.749. The van der Waals surface area contributed by atoms with Crippen LogP contribution in [0.2, 0.25) is 0 Å². The van der Waals surface area contributed by atoms with Crippen molar-refractivity contribution in [2.45, 2.75) is 0 Å². The van der Waals surface area contributed by atoms with Crippen molar-refractivity contribution in [3.05, 3.63) is 0 Å². The van der Waals surface area contributed by atoms with Crippen LogP contribution in [-0.2, 0) is 18.2 Å². The molecule has 0 amide bonds. The van der Waals surface area contributed by atoms with Gasteiger partial charge in [0.1, 0.15) is 15.2 Å². The Hall–Kier alpha value is 1.87.